The molecule has 0 aliphatic heterocycles. The number of allylic oxidation sites excluding steroid dienone is 1. The lowest BCUT2D eigenvalue weighted by atomic mass is 10.1. The van der Waals surface area contributed by atoms with Gasteiger partial charge in [-0.2, -0.15) is 0 Å². The van der Waals surface area contributed by atoms with Crippen molar-refractivity contribution in [2.24, 2.45) is 0 Å². The van der Waals surface area contributed by atoms with E-state index < -0.39 is 11.5 Å². The van der Waals surface area contributed by atoms with Crippen molar-refractivity contribution < 1.29 is 9.90 Å². The van der Waals surface area contributed by atoms with Crippen molar-refractivity contribution in [3.05, 3.63) is 35.7 Å². The van der Waals surface area contributed by atoms with Crippen LogP contribution in [-0.4, -0.2) is 16.6 Å². The molecule has 0 aromatic carbocycles. The molecule has 11 heavy (non-hydrogen) atoms. The minimum Gasteiger partial charge on any atom is -0.317 e. The lowest BCUT2D eigenvalue weighted by molar-refractivity contribution is -0.127. The first-order valence-electron chi connectivity index (χ1n) is 3.12. The Morgan fingerprint density at radius 2 is 2.55 bits per heavy atom. The summed E-state index contributed by atoms with van der Waals surface area (Å²) in [6.07, 6.45) is 2.95. The van der Waals surface area contributed by atoms with Crippen LogP contribution in [0.1, 0.15) is 6.42 Å². The first kappa shape index (κ1) is 7.70. The predicted molar refractivity (Wildman–Crippen MR) is 39.5 cm³/mol. The van der Waals surface area contributed by atoms with Crippen LogP contribution in [0.5, 0.6) is 0 Å². The highest BCUT2D eigenvalue weighted by Gasteiger charge is 2.47. The first-order chi connectivity index (χ1) is 5.14. The highest BCUT2D eigenvalue weighted by molar-refractivity contribution is 6.07. The molecule has 1 N–H and O–H groups in total. The highest BCUT2D eigenvalue weighted by Crippen LogP contribution is 2.26. The molecule has 3 nitrogen and oxygen atoms in total. The minimum absolute atomic E-state index is 0.0800. The van der Waals surface area contributed by atoms with E-state index in [1.807, 2.05) is 0 Å². The van der Waals surface area contributed by atoms with Crippen molar-refractivity contribution in [1.29, 1.82) is 0 Å². The normalized spacial score (nSPS) is 29.5. The molecule has 0 fully saturated rings. The number of Topliss-reactive ketones (excluding diaryl/α,β-unsaturated/α-hetero) is 1. The van der Waals surface area contributed by atoms with Crippen LogP contribution in [0.2, 0.25) is 0 Å². The number of hydrogen-bond acceptors (Lipinski definition) is 2. The zero-order valence-electron chi connectivity index (χ0n) is 5.87. The average Bonchev–Trinajstić information content (AvgIpc) is 2.31. The van der Waals surface area contributed by atoms with Crippen LogP contribution < -0.4 is 0 Å². The van der Waals surface area contributed by atoms with Crippen LogP contribution in [0.25, 0.3) is 4.85 Å². The fraction of sp³-hybridized carbons (Fsp3) is 0.250. The number of carbonyl (C=O) groups is 1. The monoisotopic (exact) mass is 149 g/mol. The Balaban J connectivity index is 2.98. The standard InChI is InChI=1S/C8H7NO2/c1-3-6-4-5-8(11,9-2)7(6)10/h3-4,11H,1,5H2. The van der Waals surface area contributed by atoms with Gasteiger partial charge in [-0.15, -0.1) is 0 Å². The van der Waals surface area contributed by atoms with Gasteiger partial charge in [0.05, 0.1) is 6.42 Å². The van der Waals surface area contributed by atoms with Gasteiger partial charge in [-0.25, -0.2) is 6.57 Å². The Bertz CT molecular complexity index is 285. The van der Waals surface area contributed by atoms with Crippen molar-refractivity contribution in [2.45, 2.75) is 12.1 Å². The van der Waals surface area contributed by atoms with Gasteiger partial charge in [0.2, 0.25) is 0 Å². The third kappa shape index (κ3) is 0.975. The molecule has 1 rings (SSSR count). The molecule has 0 saturated heterocycles. The van der Waals surface area contributed by atoms with Crippen LogP contribution in [-0.2, 0) is 4.79 Å². The third-order valence-corrected chi connectivity index (χ3v) is 1.64. The molecule has 3 heteroatoms. The smallest absolute Gasteiger partial charge is 0.317 e. The molecule has 1 aliphatic rings. The Morgan fingerprint density at radius 3 is 2.82 bits per heavy atom. The second-order valence-corrected chi connectivity index (χ2v) is 2.33. The summed E-state index contributed by atoms with van der Waals surface area (Å²) in [5.74, 6) is -0.539. The summed E-state index contributed by atoms with van der Waals surface area (Å²) in [6, 6.07) is 0. The fourth-order valence-corrected chi connectivity index (χ4v) is 0.941. The molecule has 0 saturated carbocycles. The zero-order chi connectivity index (χ0) is 8.48. The van der Waals surface area contributed by atoms with E-state index in [-0.39, 0.29) is 6.42 Å². The van der Waals surface area contributed by atoms with Crippen LogP contribution in [0.3, 0.4) is 0 Å². The summed E-state index contributed by atoms with van der Waals surface area (Å²) in [5, 5.41) is 9.27. The molecule has 0 radical (unpaired) electrons. The highest BCUT2D eigenvalue weighted by atomic mass is 16.3. The average molecular weight is 149 g/mol. The molecular formula is C8H7NO2. The van der Waals surface area contributed by atoms with E-state index in [4.69, 9.17) is 6.57 Å². The van der Waals surface area contributed by atoms with Crippen LogP contribution in [0.4, 0.5) is 0 Å². The molecule has 0 bridgehead atoms. The summed E-state index contributed by atoms with van der Waals surface area (Å²) in [7, 11) is 0. The second kappa shape index (κ2) is 2.33. The van der Waals surface area contributed by atoms with E-state index in [0.29, 0.717) is 5.57 Å². The Kier molecular flexibility index (Phi) is 1.63. The Labute approximate surface area is 64.5 Å². The zero-order valence-corrected chi connectivity index (χ0v) is 5.87. The Morgan fingerprint density at radius 1 is 1.91 bits per heavy atom. The van der Waals surface area contributed by atoms with Crippen LogP contribution in [0.15, 0.2) is 24.3 Å². The molecule has 0 amide bonds. The molecule has 0 spiro atoms. The van der Waals surface area contributed by atoms with E-state index in [1.54, 1.807) is 0 Å². The first-order valence-corrected chi connectivity index (χ1v) is 3.12. The van der Waals surface area contributed by atoms with Gasteiger partial charge in [-0.3, -0.25) is 9.64 Å². The molecule has 1 aliphatic carbocycles. The molecule has 0 aromatic heterocycles. The van der Waals surface area contributed by atoms with Gasteiger partial charge in [0.15, 0.2) is 0 Å². The second-order valence-electron chi connectivity index (χ2n) is 2.33. The minimum atomic E-state index is -1.84. The maximum absolute atomic E-state index is 11.1. The molecule has 56 valence electrons. The fourth-order valence-electron chi connectivity index (χ4n) is 0.941. The van der Waals surface area contributed by atoms with Crippen LogP contribution in [0, 0.1) is 6.57 Å². The number of hydrogen-bond donors (Lipinski definition) is 1. The third-order valence-electron chi connectivity index (χ3n) is 1.64. The molecule has 0 heterocycles. The van der Waals surface area contributed by atoms with Gasteiger partial charge in [0.25, 0.3) is 5.78 Å². The predicted octanol–water partition coefficient (Wildman–Crippen LogP) is 0.679. The van der Waals surface area contributed by atoms with Gasteiger partial charge < -0.3 is 5.11 Å². The number of carbonyl (C=O) groups excluding carboxylic acids is 1. The number of ketones is 1. The molecule has 0 aromatic rings. The van der Waals surface area contributed by atoms with E-state index in [0.717, 1.165) is 0 Å². The number of aliphatic hydroxyl groups is 1. The van der Waals surface area contributed by atoms with Crippen molar-refractivity contribution in [3.8, 4) is 0 Å². The summed E-state index contributed by atoms with van der Waals surface area (Å²) in [4.78, 5) is 13.9. The van der Waals surface area contributed by atoms with Gasteiger partial charge in [0.1, 0.15) is 0 Å². The molecule has 1 atom stereocenters. The van der Waals surface area contributed by atoms with Crippen molar-refractivity contribution in [3.63, 3.8) is 0 Å². The number of nitrogens with zero attached hydrogens (tertiary/aromatic N) is 1. The van der Waals surface area contributed by atoms with E-state index in [1.165, 1.54) is 12.2 Å². The van der Waals surface area contributed by atoms with Crippen LogP contribution >= 0.6 is 0 Å². The summed E-state index contributed by atoms with van der Waals surface area (Å²) < 4.78 is 0. The SMILES string of the molecule is [C-]#[N+]C1(O)CC=C(C=C)C1=O. The summed E-state index contributed by atoms with van der Waals surface area (Å²) in [5.41, 5.74) is -1.51. The van der Waals surface area contributed by atoms with Crippen molar-refractivity contribution in [2.75, 3.05) is 0 Å². The number of rotatable bonds is 1. The Hall–Kier alpha value is -1.40. The molecule has 1 unspecified atom stereocenters. The van der Waals surface area contributed by atoms with Gasteiger partial charge >= 0.3 is 5.72 Å². The van der Waals surface area contributed by atoms with Gasteiger partial charge in [-0.05, 0) is 0 Å². The lowest BCUT2D eigenvalue weighted by Gasteiger charge is -2.04. The topological polar surface area (TPSA) is 41.7 Å². The lowest BCUT2D eigenvalue weighted by Crippen LogP contribution is -2.30. The summed E-state index contributed by atoms with van der Waals surface area (Å²) >= 11 is 0. The van der Waals surface area contributed by atoms with Gasteiger partial charge in [-0.1, -0.05) is 18.7 Å². The maximum atomic E-state index is 11.1. The molecular weight excluding hydrogens is 142 g/mol. The quantitative estimate of drug-likeness (QED) is 0.557. The van der Waals surface area contributed by atoms with Crippen molar-refractivity contribution >= 4 is 5.78 Å². The van der Waals surface area contributed by atoms with E-state index in [9.17, 15) is 9.90 Å². The summed E-state index contributed by atoms with van der Waals surface area (Å²) in [6.45, 7) is 9.97. The largest absolute Gasteiger partial charge is 0.402 e. The van der Waals surface area contributed by atoms with Crippen molar-refractivity contribution in [1.82, 2.24) is 0 Å². The van der Waals surface area contributed by atoms with E-state index >= 15 is 0 Å². The maximum Gasteiger partial charge on any atom is 0.402 e. The van der Waals surface area contributed by atoms with Gasteiger partial charge in [0, 0.05) is 5.57 Å². The van der Waals surface area contributed by atoms with E-state index in [2.05, 4.69) is 11.4 Å².